The summed E-state index contributed by atoms with van der Waals surface area (Å²) < 4.78 is 0. The highest BCUT2D eigenvalue weighted by Crippen LogP contribution is 2.21. The molecular formula is C26H32N2O2. The first-order valence-electron chi connectivity index (χ1n) is 10.9. The molecule has 0 spiro atoms. The topological polar surface area (TPSA) is 49.4 Å². The number of amides is 2. The van der Waals surface area contributed by atoms with Crippen molar-refractivity contribution >= 4 is 17.9 Å². The quantitative estimate of drug-likeness (QED) is 0.705. The van der Waals surface area contributed by atoms with Crippen molar-refractivity contribution in [1.29, 1.82) is 0 Å². The van der Waals surface area contributed by atoms with Crippen molar-refractivity contribution < 1.29 is 9.59 Å². The molecule has 1 unspecified atom stereocenters. The van der Waals surface area contributed by atoms with E-state index >= 15 is 0 Å². The van der Waals surface area contributed by atoms with Crippen molar-refractivity contribution in [2.75, 3.05) is 13.1 Å². The van der Waals surface area contributed by atoms with Gasteiger partial charge in [0.1, 0.15) is 0 Å². The van der Waals surface area contributed by atoms with Gasteiger partial charge < -0.3 is 10.2 Å². The Hall–Kier alpha value is -2.88. The Bertz CT molecular complexity index is 881. The fourth-order valence-electron chi connectivity index (χ4n) is 3.60. The highest BCUT2D eigenvalue weighted by molar-refractivity contribution is 5.92. The van der Waals surface area contributed by atoms with E-state index in [1.54, 1.807) is 6.08 Å². The number of hydrogen-bond donors (Lipinski definition) is 1. The minimum Gasteiger partial charge on any atom is -0.353 e. The van der Waals surface area contributed by atoms with Gasteiger partial charge in [0, 0.05) is 31.1 Å². The molecule has 4 heteroatoms. The summed E-state index contributed by atoms with van der Waals surface area (Å²) in [5.41, 5.74) is 3.29. The molecule has 1 heterocycles. The lowest BCUT2D eigenvalue weighted by atomic mass is 9.94. The standard InChI is InChI=1S/C26H32N2O2/c1-19(2)20(3)27-26(30)23-14-16-28(17-15-23)25(29)13-12-21-8-7-11-24(18-21)22-9-5-4-6-10-22/h4-13,18-20,23H,14-17H2,1-3H3,(H,27,30)/b13-12+. The number of likely N-dealkylation sites (tertiary alicyclic amines) is 1. The zero-order valence-electron chi connectivity index (χ0n) is 18.2. The Morgan fingerprint density at radius 1 is 0.967 bits per heavy atom. The predicted molar refractivity (Wildman–Crippen MR) is 123 cm³/mol. The lowest BCUT2D eigenvalue weighted by Gasteiger charge is -2.31. The maximum atomic E-state index is 12.6. The van der Waals surface area contributed by atoms with Gasteiger partial charge in [-0.3, -0.25) is 9.59 Å². The van der Waals surface area contributed by atoms with Crippen LogP contribution in [-0.4, -0.2) is 35.8 Å². The SMILES string of the molecule is CC(C)C(C)NC(=O)C1CCN(C(=O)/C=C/c2cccc(-c3ccccc3)c2)CC1. The van der Waals surface area contributed by atoms with Gasteiger partial charge in [0.15, 0.2) is 0 Å². The number of piperidine rings is 1. The first-order valence-corrected chi connectivity index (χ1v) is 10.9. The molecule has 1 fully saturated rings. The van der Waals surface area contributed by atoms with E-state index in [4.69, 9.17) is 0 Å². The van der Waals surface area contributed by atoms with Crippen LogP contribution in [0, 0.1) is 11.8 Å². The van der Waals surface area contributed by atoms with Gasteiger partial charge in [-0.25, -0.2) is 0 Å². The summed E-state index contributed by atoms with van der Waals surface area (Å²) in [6.07, 6.45) is 4.96. The van der Waals surface area contributed by atoms with Gasteiger partial charge in [0.2, 0.25) is 11.8 Å². The van der Waals surface area contributed by atoms with Crippen LogP contribution in [0.15, 0.2) is 60.7 Å². The number of nitrogens with zero attached hydrogens (tertiary/aromatic N) is 1. The Kier molecular flexibility index (Phi) is 7.45. The molecule has 0 saturated carbocycles. The van der Waals surface area contributed by atoms with Crippen LogP contribution in [0.5, 0.6) is 0 Å². The van der Waals surface area contributed by atoms with E-state index in [-0.39, 0.29) is 23.8 Å². The van der Waals surface area contributed by atoms with E-state index in [2.05, 4.69) is 43.4 Å². The molecule has 2 aromatic rings. The lowest BCUT2D eigenvalue weighted by molar-refractivity contribution is -0.132. The van der Waals surface area contributed by atoms with Crippen LogP contribution in [0.25, 0.3) is 17.2 Å². The van der Waals surface area contributed by atoms with E-state index in [1.807, 2.05) is 48.2 Å². The molecule has 0 aromatic heterocycles. The van der Waals surface area contributed by atoms with Gasteiger partial charge in [-0.05, 0) is 54.5 Å². The van der Waals surface area contributed by atoms with E-state index in [1.165, 1.54) is 0 Å². The first kappa shape index (κ1) is 21.8. The number of hydrogen-bond acceptors (Lipinski definition) is 2. The van der Waals surface area contributed by atoms with E-state index < -0.39 is 0 Å². The second-order valence-electron chi connectivity index (χ2n) is 8.47. The van der Waals surface area contributed by atoms with Gasteiger partial charge in [0.25, 0.3) is 0 Å². The monoisotopic (exact) mass is 404 g/mol. The summed E-state index contributed by atoms with van der Waals surface area (Å²) in [6, 6.07) is 18.6. The summed E-state index contributed by atoms with van der Waals surface area (Å²) in [6.45, 7) is 7.50. The molecule has 4 nitrogen and oxygen atoms in total. The van der Waals surface area contributed by atoms with Crippen molar-refractivity contribution in [3.8, 4) is 11.1 Å². The zero-order valence-corrected chi connectivity index (χ0v) is 18.2. The van der Waals surface area contributed by atoms with Gasteiger partial charge in [-0.2, -0.15) is 0 Å². The normalized spacial score (nSPS) is 16.1. The molecule has 158 valence electrons. The second kappa shape index (κ2) is 10.2. The van der Waals surface area contributed by atoms with Crippen LogP contribution in [0.4, 0.5) is 0 Å². The van der Waals surface area contributed by atoms with Gasteiger partial charge >= 0.3 is 0 Å². The van der Waals surface area contributed by atoms with Crippen LogP contribution < -0.4 is 5.32 Å². The number of rotatable bonds is 6. The van der Waals surface area contributed by atoms with Crippen LogP contribution in [-0.2, 0) is 9.59 Å². The lowest BCUT2D eigenvalue weighted by Crippen LogP contribution is -2.45. The number of benzene rings is 2. The molecule has 1 atom stereocenters. The Balaban J connectivity index is 1.54. The second-order valence-corrected chi connectivity index (χ2v) is 8.47. The third-order valence-corrected chi connectivity index (χ3v) is 5.96. The molecule has 1 saturated heterocycles. The molecule has 0 bridgehead atoms. The summed E-state index contributed by atoms with van der Waals surface area (Å²) in [4.78, 5) is 26.9. The minimum absolute atomic E-state index is 0.00165. The minimum atomic E-state index is 0.00165. The van der Waals surface area contributed by atoms with E-state index in [0.29, 0.717) is 19.0 Å². The summed E-state index contributed by atoms with van der Waals surface area (Å²) in [5, 5.41) is 3.10. The molecule has 3 rings (SSSR count). The van der Waals surface area contributed by atoms with Crippen LogP contribution in [0.3, 0.4) is 0 Å². The fourth-order valence-corrected chi connectivity index (χ4v) is 3.60. The van der Waals surface area contributed by atoms with Crippen molar-refractivity contribution in [2.24, 2.45) is 11.8 Å². The Labute approximate surface area is 180 Å². The molecular weight excluding hydrogens is 372 g/mol. The van der Waals surface area contributed by atoms with Crippen LogP contribution in [0.2, 0.25) is 0 Å². The van der Waals surface area contributed by atoms with E-state index in [9.17, 15) is 9.59 Å². The fraction of sp³-hybridized carbons (Fsp3) is 0.385. The summed E-state index contributed by atoms with van der Waals surface area (Å²) in [7, 11) is 0. The largest absolute Gasteiger partial charge is 0.353 e. The van der Waals surface area contributed by atoms with Crippen LogP contribution >= 0.6 is 0 Å². The predicted octanol–water partition coefficient (Wildman–Crippen LogP) is 4.77. The molecule has 30 heavy (non-hydrogen) atoms. The van der Waals surface area contributed by atoms with Crippen molar-refractivity contribution in [3.63, 3.8) is 0 Å². The summed E-state index contributed by atoms with van der Waals surface area (Å²) >= 11 is 0. The third-order valence-electron chi connectivity index (χ3n) is 5.96. The maximum Gasteiger partial charge on any atom is 0.246 e. The average Bonchev–Trinajstić information content (AvgIpc) is 2.78. The van der Waals surface area contributed by atoms with Crippen molar-refractivity contribution in [2.45, 2.75) is 39.7 Å². The van der Waals surface area contributed by atoms with E-state index in [0.717, 1.165) is 29.5 Å². The number of nitrogens with one attached hydrogen (secondary N) is 1. The van der Waals surface area contributed by atoms with Gasteiger partial charge in [-0.15, -0.1) is 0 Å². The molecule has 2 amide bonds. The zero-order chi connectivity index (χ0) is 21.5. The molecule has 1 aliphatic rings. The average molecular weight is 405 g/mol. The first-order chi connectivity index (χ1) is 14.4. The number of carbonyl (C=O) groups excluding carboxylic acids is 2. The smallest absolute Gasteiger partial charge is 0.246 e. The van der Waals surface area contributed by atoms with Crippen molar-refractivity contribution in [3.05, 3.63) is 66.2 Å². The summed E-state index contributed by atoms with van der Waals surface area (Å²) in [5.74, 6) is 0.550. The maximum absolute atomic E-state index is 12.6. The molecule has 0 aliphatic carbocycles. The third kappa shape index (κ3) is 5.82. The van der Waals surface area contributed by atoms with Gasteiger partial charge in [0.05, 0.1) is 0 Å². The highest BCUT2D eigenvalue weighted by Gasteiger charge is 2.27. The molecule has 0 radical (unpaired) electrons. The van der Waals surface area contributed by atoms with Crippen molar-refractivity contribution in [1.82, 2.24) is 10.2 Å². The van der Waals surface area contributed by atoms with Gasteiger partial charge in [-0.1, -0.05) is 62.4 Å². The molecule has 2 aromatic carbocycles. The number of carbonyl (C=O) groups is 2. The highest BCUT2D eigenvalue weighted by atomic mass is 16.2. The Morgan fingerprint density at radius 2 is 1.63 bits per heavy atom. The Morgan fingerprint density at radius 3 is 2.30 bits per heavy atom. The molecule has 1 N–H and O–H groups in total. The molecule has 1 aliphatic heterocycles. The van der Waals surface area contributed by atoms with Crippen LogP contribution in [0.1, 0.15) is 39.2 Å².